The van der Waals surface area contributed by atoms with Crippen molar-refractivity contribution in [3.8, 4) is 34.3 Å². The maximum Gasteiger partial charge on any atom is 0.200 e. The van der Waals surface area contributed by atoms with Crippen LogP contribution in [0.3, 0.4) is 0 Å². The van der Waals surface area contributed by atoms with Crippen molar-refractivity contribution in [3.63, 3.8) is 0 Å². The molecular weight excluding hydrogens is 661 g/mol. The monoisotopic (exact) mass is 731 g/mol. The molecule has 2 aromatic carbocycles. The fourth-order valence-corrected chi connectivity index (χ4v) is 10.6. The third-order valence-corrected chi connectivity index (χ3v) is 13.6. The highest BCUT2D eigenvalue weighted by molar-refractivity contribution is 5.88. The quantitative estimate of drug-likeness (QED) is 0.146. The molecule has 6 nitrogen and oxygen atoms in total. The van der Waals surface area contributed by atoms with Crippen molar-refractivity contribution >= 4 is 11.0 Å². The average Bonchev–Trinajstić information content (AvgIpc) is 3.15. The van der Waals surface area contributed by atoms with E-state index in [4.69, 9.17) is 23.4 Å². The molecule has 2 aliphatic rings. The van der Waals surface area contributed by atoms with Crippen LogP contribution < -0.4 is 24.4 Å². The molecule has 53 heavy (non-hydrogen) atoms. The van der Waals surface area contributed by atoms with Gasteiger partial charge in [-0.2, -0.15) is 0 Å². The number of hydrogen-bond donors (Lipinski definition) is 0. The molecule has 0 radical (unpaired) electrons. The van der Waals surface area contributed by atoms with Gasteiger partial charge in [0.1, 0.15) is 39.7 Å². The van der Waals surface area contributed by atoms with Crippen molar-refractivity contribution in [2.75, 3.05) is 28.4 Å². The molecule has 0 bridgehead atoms. The molecule has 2 fully saturated rings. The van der Waals surface area contributed by atoms with E-state index >= 15 is 0 Å². The summed E-state index contributed by atoms with van der Waals surface area (Å²) in [5.41, 5.74) is 1.81. The van der Waals surface area contributed by atoms with Gasteiger partial charge in [-0.1, -0.05) is 80.6 Å². The lowest BCUT2D eigenvalue weighted by Gasteiger charge is -2.43. The Balaban J connectivity index is 1.52. The normalized spacial score (nSPS) is 24.7. The molecular formula is C47H70O6. The van der Waals surface area contributed by atoms with Gasteiger partial charge in [0.15, 0.2) is 5.43 Å². The number of methoxy groups -OCH3 is 4. The Hall–Kier alpha value is -3.15. The molecule has 294 valence electrons. The van der Waals surface area contributed by atoms with Crippen molar-refractivity contribution in [1.82, 2.24) is 0 Å². The van der Waals surface area contributed by atoms with Gasteiger partial charge >= 0.3 is 0 Å². The topological polar surface area (TPSA) is 67.1 Å². The Morgan fingerprint density at radius 3 is 1.89 bits per heavy atom. The molecule has 6 heteroatoms. The third-order valence-electron chi connectivity index (χ3n) is 13.6. The van der Waals surface area contributed by atoms with Crippen molar-refractivity contribution in [2.24, 2.45) is 59.2 Å². The summed E-state index contributed by atoms with van der Waals surface area (Å²) in [6, 6.07) is 9.24. The molecule has 2 saturated carbocycles. The lowest BCUT2D eigenvalue weighted by atomic mass is 9.63. The van der Waals surface area contributed by atoms with Crippen LogP contribution in [0.15, 0.2) is 39.5 Å². The van der Waals surface area contributed by atoms with E-state index in [1.54, 1.807) is 40.6 Å². The van der Waals surface area contributed by atoms with Crippen LogP contribution in [-0.2, 0) is 6.42 Å². The first kappa shape index (κ1) is 41.0. The number of ether oxygens (including phenoxy) is 4. The van der Waals surface area contributed by atoms with E-state index in [0.717, 1.165) is 47.5 Å². The minimum Gasteiger partial charge on any atom is -0.497 e. The molecule has 0 spiro atoms. The second-order valence-electron chi connectivity index (χ2n) is 17.7. The Morgan fingerprint density at radius 2 is 1.28 bits per heavy atom. The predicted octanol–water partition coefficient (Wildman–Crippen LogP) is 12.3. The van der Waals surface area contributed by atoms with Gasteiger partial charge in [0.05, 0.1) is 34.0 Å². The zero-order chi connectivity index (χ0) is 38.4. The van der Waals surface area contributed by atoms with Crippen molar-refractivity contribution in [1.29, 1.82) is 0 Å². The van der Waals surface area contributed by atoms with Gasteiger partial charge in [-0.25, -0.2) is 0 Å². The summed E-state index contributed by atoms with van der Waals surface area (Å²) >= 11 is 0. The molecule has 5 rings (SSSR count). The first-order valence-corrected chi connectivity index (χ1v) is 20.8. The highest BCUT2D eigenvalue weighted by Crippen LogP contribution is 2.47. The SMILES string of the molecule is COc1ccc(-c2oc3cc(OC)cc(OC)c3c(=O)c2CCC(CCCC(C)C2CC(C)CCC2C(C)C)C2CC(C)CCC2C(C)C)c(OC)c1. The molecule has 2 aliphatic carbocycles. The van der Waals surface area contributed by atoms with Crippen molar-refractivity contribution < 1.29 is 23.4 Å². The summed E-state index contributed by atoms with van der Waals surface area (Å²) in [6.07, 6.45) is 13.4. The Kier molecular flexibility index (Phi) is 14.3. The van der Waals surface area contributed by atoms with Gasteiger partial charge in [0.2, 0.25) is 0 Å². The predicted molar refractivity (Wildman–Crippen MR) is 219 cm³/mol. The molecule has 8 atom stereocenters. The van der Waals surface area contributed by atoms with E-state index in [-0.39, 0.29) is 5.43 Å². The van der Waals surface area contributed by atoms with Crippen LogP contribution in [0.4, 0.5) is 0 Å². The van der Waals surface area contributed by atoms with Crippen molar-refractivity contribution in [2.45, 2.75) is 119 Å². The van der Waals surface area contributed by atoms with Gasteiger partial charge in [0, 0.05) is 23.8 Å². The zero-order valence-corrected chi connectivity index (χ0v) is 34.9. The van der Waals surface area contributed by atoms with Crippen LogP contribution in [-0.4, -0.2) is 28.4 Å². The van der Waals surface area contributed by atoms with Crippen LogP contribution in [0.25, 0.3) is 22.3 Å². The second-order valence-corrected chi connectivity index (χ2v) is 17.7. The van der Waals surface area contributed by atoms with Gasteiger partial charge < -0.3 is 23.4 Å². The summed E-state index contributed by atoms with van der Waals surface area (Å²) in [5.74, 6) is 10.1. The number of rotatable bonds is 16. The minimum absolute atomic E-state index is 0.0467. The summed E-state index contributed by atoms with van der Waals surface area (Å²) in [6.45, 7) is 17.2. The van der Waals surface area contributed by atoms with Gasteiger partial charge in [-0.15, -0.1) is 0 Å². The maximum absolute atomic E-state index is 14.8. The molecule has 3 aromatic rings. The summed E-state index contributed by atoms with van der Waals surface area (Å²) in [5, 5.41) is 0.456. The smallest absolute Gasteiger partial charge is 0.200 e. The lowest BCUT2D eigenvalue weighted by Crippen LogP contribution is -2.34. The van der Waals surface area contributed by atoms with Gasteiger partial charge in [-0.3, -0.25) is 4.79 Å². The number of hydrogen-bond acceptors (Lipinski definition) is 6. The first-order valence-electron chi connectivity index (χ1n) is 20.8. The molecule has 1 heterocycles. The number of fused-ring (bicyclic) bond motifs is 1. The zero-order valence-electron chi connectivity index (χ0n) is 34.9. The van der Waals surface area contributed by atoms with Crippen molar-refractivity contribution in [3.05, 3.63) is 46.1 Å². The van der Waals surface area contributed by atoms with E-state index in [2.05, 4.69) is 48.5 Å². The Bertz CT molecular complexity index is 1690. The standard InChI is InChI=1S/C47H70O6/c1-28(2)36-19-15-30(5)23-40(36)32(7)13-12-14-33(41-24-31(6)16-20-37(41)29(3)4)17-21-39-46(48)45-43(52-11)26-35(50-9)27-44(45)53-47(39)38-22-18-34(49-8)25-42(38)51-10/h18,22,25-33,36-37,40-41H,12-17,19-21,23-24H2,1-11H3. The van der Waals surface area contributed by atoms with Crippen LogP contribution in [0.1, 0.15) is 118 Å². The summed E-state index contributed by atoms with van der Waals surface area (Å²) in [4.78, 5) is 14.8. The van der Waals surface area contributed by atoms with E-state index in [9.17, 15) is 4.79 Å². The highest BCUT2D eigenvalue weighted by Gasteiger charge is 2.37. The maximum atomic E-state index is 14.8. The largest absolute Gasteiger partial charge is 0.497 e. The van der Waals surface area contributed by atoms with Crippen LogP contribution in [0.2, 0.25) is 0 Å². The van der Waals surface area contributed by atoms with Gasteiger partial charge in [0.25, 0.3) is 0 Å². The number of benzene rings is 2. The summed E-state index contributed by atoms with van der Waals surface area (Å²) < 4.78 is 29.5. The third kappa shape index (κ3) is 9.39. The van der Waals surface area contributed by atoms with E-state index in [0.29, 0.717) is 75.4 Å². The summed E-state index contributed by atoms with van der Waals surface area (Å²) in [7, 11) is 6.49. The highest BCUT2D eigenvalue weighted by atomic mass is 16.5. The molecule has 0 aliphatic heterocycles. The lowest BCUT2D eigenvalue weighted by molar-refractivity contribution is 0.0744. The molecule has 8 unspecified atom stereocenters. The second kappa shape index (κ2) is 18.5. The van der Waals surface area contributed by atoms with E-state index in [1.165, 1.54) is 57.8 Å². The molecule has 0 amide bonds. The first-order chi connectivity index (χ1) is 25.4. The van der Waals surface area contributed by atoms with E-state index in [1.807, 2.05) is 18.2 Å². The average molecular weight is 731 g/mol. The van der Waals surface area contributed by atoms with Gasteiger partial charge in [-0.05, 0) is 110 Å². The fraction of sp³-hybridized carbons (Fsp3) is 0.681. The molecule has 0 saturated heterocycles. The Labute approximate surface area is 320 Å². The fourth-order valence-electron chi connectivity index (χ4n) is 10.6. The van der Waals surface area contributed by atoms with Crippen LogP contribution >= 0.6 is 0 Å². The molecule has 1 aromatic heterocycles. The van der Waals surface area contributed by atoms with Crippen LogP contribution in [0, 0.1) is 59.2 Å². The Morgan fingerprint density at radius 1 is 0.679 bits per heavy atom. The van der Waals surface area contributed by atoms with E-state index < -0.39 is 0 Å². The minimum atomic E-state index is -0.0467. The molecule has 0 N–H and O–H groups in total. The van der Waals surface area contributed by atoms with Crippen LogP contribution in [0.5, 0.6) is 23.0 Å².